The molecule has 0 saturated carbocycles. The molecule has 1 heterocycles. The van der Waals surface area contributed by atoms with Crippen molar-refractivity contribution in [3.05, 3.63) is 29.8 Å². The topological polar surface area (TPSA) is 50.4 Å². The van der Waals surface area contributed by atoms with Crippen LogP contribution in [0.1, 0.15) is 32.4 Å². The summed E-state index contributed by atoms with van der Waals surface area (Å²) in [6.45, 7) is 6.98. The summed E-state index contributed by atoms with van der Waals surface area (Å²) >= 11 is 1.75. The number of benzene rings is 1. The zero-order valence-electron chi connectivity index (χ0n) is 12.9. The Balaban J connectivity index is 1.87. The third-order valence-corrected chi connectivity index (χ3v) is 4.29. The Hall–Kier alpha value is -1.20. The summed E-state index contributed by atoms with van der Waals surface area (Å²) in [6.07, 6.45) is 0. The lowest BCUT2D eigenvalue weighted by Gasteiger charge is -2.18. The number of thioether (sulfide) groups is 1. The normalized spacial score (nSPS) is 19.5. The minimum atomic E-state index is -0.0638. The van der Waals surface area contributed by atoms with E-state index < -0.39 is 0 Å². The van der Waals surface area contributed by atoms with E-state index in [0.29, 0.717) is 5.92 Å². The Bertz CT molecular complexity index is 456. The smallest absolute Gasteiger partial charge is 0.238 e. The first-order valence-electron chi connectivity index (χ1n) is 7.40. The van der Waals surface area contributed by atoms with Crippen molar-refractivity contribution in [2.45, 2.75) is 32.9 Å². The van der Waals surface area contributed by atoms with Crippen LogP contribution in [0.4, 0.5) is 0 Å². The molecule has 0 radical (unpaired) electrons. The Morgan fingerprint density at radius 2 is 2.10 bits per heavy atom. The molecule has 116 valence electrons. The summed E-state index contributed by atoms with van der Waals surface area (Å²) < 4.78 is 5.66. The monoisotopic (exact) mass is 308 g/mol. The van der Waals surface area contributed by atoms with Crippen LogP contribution < -0.4 is 15.4 Å². The molecular weight excluding hydrogens is 284 g/mol. The van der Waals surface area contributed by atoms with Gasteiger partial charge in [-0.15, -0.1) is 11.8 Å². The van der Waals surface area contributed by atoms with Gasteiger partial charge >= 0.3 is 0 Å². The second-order valence-electron chi connectivity index (χ2n) is 5.78. The van der Waals surface area contributed by atoms with Crippen molar-refractivity contribution in [1.29, 1.82) is 0 Å². The molecule has 4 nitrogen and oxygen atoms in total. The third kappa shape index (κ3) is 4.93. The Labute approximate surface area is 131 Å². The number of ether oxygens (including phenoxy) is 1. The highest BCUT2D eigenvalue weighted by Crippen LogP contribution is 2.19. The quantitative estimate of drug-likeness (QED) is 0.848. The summed E-state index contributed by atoms with van der Waals surface area (Å²) in [5, 5.41) is 6.23. The molecule has 2 N–H and O–H groups in total. The van der Waals surface area contributed by atoms with Gasteiger partial charge in [0.2, 0.25) is 5.91 Å². The van der Waals surface area contributed by atoms with Gasteiger partial charge in [0.15, 0.2) is 0 Å². The van der Waals surface area contributed by atoms with Gasteiger partial charge in [-0.25, -0.2) is 0 Å². The molecule has 1 aliphatic heterocycles. The highest BCUT2D eigenvalue weighted by molar-refractivity contribution is 7.99. The van der Waals surface area contributed by atoms with Crippen molar-refractivity contribution in [1.82, 2.24) is 10.6 Å². The van der Waals surface area contributed by atoms with Gasteiger partial charge in [-0.2, -0.15) is 0 Å². The molecule has 1 fully saturated rings. The maximum Gasteiger partial charge on any atom is 0.238 e. The number of hydrogen-bond donors (Lipinski definition) is 2. The standard InChI is InChI=1S/C16H24N2O2S/c1-11(2)8-20-14-6-4-13(5-7-14)12(3)18-16(19)15-9-21-10-17-15/h4-7,11-12,15,17H,8-10H2,1-3H3,(H,18,19)/t12-,15+/m1/s1. The van der Waals surface area contributed by atoms with Crippen LogP contribution in [0.5, 0.6) is 5.75 Å². The van der Waals surface area contributed by atoms with Gasteiger partial charge in [-0.1, -0.05) is 26.0 Å². The number of rotatable bonds is 6. The van der Waals surface area contributed by atoms with Gasteiger partial charge in [0.25, 0.3) is 0 Å². The fourth-order valence-electron chi connectivity index (χ4n) is 2.08. The van der Waals surface area contributed by atoms with E-state index in [4.69, 9.17) is 4.74 Å². The molecule has 0 aromatic heterocycles. The van der Waals surface area contributed by atoms with Crippen LogP contribution in [0.25, 0.3) is 0 Å². The van der Waals surface area contributed by atoms with E-state index in [-0.39, 0.29) is 18.0 Å². The van der Waals surface area contributed by atoms with E-state index >= 15 is 0 Å². The fraction of sp³-hybridized carbons (Fsp3) is 0.562. The SMILES string of the molecule is CC(C)COc1ccc([C@@H](C)NC(=O)[C@@H]2CSCN2)cc1. The summed E-state index contributed by atoms with van der Waals surface area (Å²) in [5.74, 6) is 3.17. The Morgan fingerprint density at radius 3 is 2.67 bits per heavy atom. The van der Waals surface area contributed by atoms with Gasteiger partial charge in [-0.05, 0) is 30.5 Å². The Kier molecular flexibility index (Phi) is 5.94. The largest absolute Gasteiger partial charge is 0.493 e. The second kappa shape index (κ2) is 7.71. The van der Waals surface area contributed by atoms with E-state index in [1.54, 1.807) is 11.8 Å². The second-order valence-corrected chi connectivity index (χ2v) is 6.81. The van der Waals surface area contributed by atoms with Gasteiger partial charge < -0.3 is 10.1 Å². The van der Waals surface area contributed by atoms with E-state index in [9.17, 15) is 4.79 Å². The number of amides is 1. The maximum absolute atomic E-state index is 12.1. The molecule has 0 unspecified atom stereocenters. The molecule has 2 atom stereocenters. The zero-order chi connectivity index (χ0) is 15.2. The molecule has 1 aliphatic rings. The predicted octanol–water partition coefficient (Wildman–Crippen LogP) is 2.56. The highest BCUT2D eigenvalue weighted by Gasteiger charge is 2.23. The summed E-state index contributed by atoms with van der Waals surface area (Å²) in [5.41, 5.74) is 1.09. The number of nitrogens with one attached hydrogen (secondary N) is 2. The van der Waals surface area contributed by atoms with Crippen LogP contribution in [0.2, 0.25) is 0 Å². The molecule has 0 bridgehead atoms. The first kappa shape index (κ1) is 16.2. The minimum Gasteiger partial charge on any atom is -0.493 e. The van der Waals surface area contributed by atoms with E-state index in [0.717, 1.165) is 29.5 Å². The minimum absolute atomic E-state index is 0.00375. The van der Waals surface area contributed by atoms with Gasteiger partial charge in [0.05, 0.1) is 18.7 Å². The lowest BCUT2D eigenvalue weighted by atomic mass is 10.1. The first-order valence-corrected chi connectivity index (χ1v) is 8.56. The van der Waals surface area contributed by atoms with E-state index in [1.807, 2.05) is 31.2 Å². The van der Waals surface area contributed by atoms with Crippen LogP contribution >= 0.6 is 11.8 Å². The van der Waals surface area contributed by atoms with Gasteiger partial charge in [0, 0.05) is 11.6 Å². The van der Waals surface area contributed by atoms with Crippen molar-refractivity contribution in [3.8, 4) is 5.75 Å². The van der Waals surface area contributed by atoms with Gasteiger partial charge in [0.1, 0.15) is 5.75 Å². The van der Waals surface area contributed by atoms with Crippen LogP contribution in [0.15, 0.2) is 24.3 Å². The fourth-order valence-corrected chi connectivity index (χ4v) is 3.02. The molecule has 1 aromatic rings. The van der Waals surface area contributed by atoms with Crippen LogP contribution in [0, 0.1) is 5.92 Å². The van der Waals surface area contributed by atoms with Crippen LogP contribution in [0.3, 0.4) is 0 Å². The van der Waals surface area contributed by atoms with Crippen molar-refractivity contribution in [2.75, 3.05) is 18.2 Å². The molecule has 21 heavy (non-hydrogen) atoms. The maximum atomic E-state index is 12.1. The summed E-state index contributed by atoms with van der Waals surface area (Å²) in [7, 11) is 0. The van der Waals surface area contributed by atoms with Crippen molar-refractivity contribution >= 4 is 17.7 Å². The summed E-state index contributed by atoms with van der Waals surface area (Å²) in [4.78, 5) is 12.1. The number of carbonyl (C=O) groups excluding carboxylic acids is 1. The van der Waals surface area contributed by atoms with E-state index in [1.165, 1.54) is 0 Å². The number of carbonyl (C=O) groups is 1. The van der Waals surface area contributed by atoms with Gasteiger partial charge in [-0.3, -0.25) is 10.1 Å². The molecule has 5 heteroatoms. The predicted molar refractivity (Wildman–Crippen MR) is 87.6 cm³/mol. The lowest BCUT2D eigenvalue weighted by molar-refractivity contribution is -0.123. The van der Waals surface area contributed by atoms with E-state index in [2.05, 4.69) is 24.5 Å². The van der Waals surface area contributed by atoms with Crippen LogP contribution in [-0.2, 0) is 4.79 Å². The average Bonchev–Trinajstić information content (AvgIpc) is 3.00. The van der Waals surface area contributed by atoms with Crippen molar-refractivity contribution < 1.29 is 9.53 Å². The molecule has 1 aromatic carbocycles. The van der Waals surface area contributed by atoms with Crippen LogP contribution in [-0.4, -0.2) is 30.2 Å². The Morgan fingerprint density at radius 1 is 1.38 bits per heavy atom. The average molecular weight is 308 g/mol. The molecular formula is C16H24N2O2S. The molecule has 2 rings (SSSR count). The molecule has 0 spiro atoms. The molecule has 1 amide bonds. The first-order chi connectivity index (χ1) is 10.1. The lowest BCUT2D eigenvalue weighted by Crippen LogP contribution is -2.42. The highest BCUT2D eigenvalue weighted by atomic mass is 32.2. The summed E-state index contributed by atoms with van der Waals surface area (Å²) in [6, 6.07) is 7.89. The third-order valence-electron chi connectivity index (χ3n) is 3.36. The van der Waals surface area contributed by atoms with Crippen molar-refractivity contribution in [3.63, 3.8) is 0 Å². The number of hydrogen-bond acceptors (Lipinski definition) is 4. The van der Waals surface area contributed by atoms with Crippen molar-refractivity contribution in [2.24, 2.45) is 5.92 Å². The molecule has 1 saturated heterocycles. The zero-order valence-corrected chi connectivity index (χ0v) is 13.7. The molecule has 0 aliphatic carbocycles.